The van der Waals surface area contributed by atoms with Crippen molar-refractivity contribution in [2.75, 3.05) is 0 Å². The van der Waals surface area contributed by atoms with Gasteiger partial charge < -0.3 is 0 Å². The maximum atomic E-state index is 12.0. The Morgan fingerprint density at radius 1 is 0.929 bits per heavy atom. The molecule has 146 valence electrons. The molecule has 0 bridgehead atoms. The van der Waals surface area contributed by atoms with Crippen LogP contribution < -0.4 is 0 Å². The Morgan fingerprint density at radius 2 is 1.75 bits per heavy atom. The van der Waals surface area contributed by atoms with Crippen molar-refractivity contribution in [3.63, 3.8) is 0 Å². The Hall–Kier alpha value is -1.81. The zero-order chi connectivity index (χ0) is 19.4. The summed E-state index contributed by atoms with van der Waals surface area (Å²) in [7, 11) is 0. The standard InChI is InChI=1S/C27H32O/c1-26-17-15-25-23(12-10-21-18-22(28)14-16-27(21,25)2)24(26)13-11-20(26)9-8-19-6-4-3-5-7-19/h3-7,18,20,23-25H,10-17H2,1-2H3/t20-,23+,24+,25+,26-,27+/m1/s1. The Morgan fingerprint density at radius 3 is 2.57 bits per heavy atom. The number of allylic oxidation sites excluding steroid dienone is 1. The van der Waals surface area contributed by atoms with Gasteiger partial charge >= 0.3 is 0 Å². The Labute approximate surface area is 170 Å². The average molecular weight is 373 g/mol. The van der Waals surface area contributed by atoms with Gasteiger partial charge in [0.25, 0.3) is 0 Å². The first-order valence-electron chi connectivity index (χ1n) is 11.3. The van der Waals surface area contributed by atoms with E-state index in [-0.39, 0.29) is 5.41 Å². The summed E-state index contributed by atoms with van der Waals surface area (Å²) in [6.07, 6.45) is 11.6. The van der Waals surface area contributed by atoms with Gasteiger partial charge in [-0.2, -0.15) is 0 Å². The summed E-state index contributed by atoms with van der Waals surface area (Å²) in [5.41, 5.74) is 3.29. The molecule has 0 aromatic heterocycles. The van der Waals surface area contributed by atoms with Crippen LogP contribution in [0, 0.1) is 46.3 Å². The van der Waals surface area contributed by atoms with Crippen molar-refractivity contribution in [3.05, 3.63) is 47.5 Å². The predicted molar refractivity (Wildman–Crippen MR) is 114 cm³/mol. The molecule has 0 spiro atoms. The van der Waals surface area contributed by atoms with Crippen molar-refractivity contribution in [2.45, 2.75) is 65.2 Å². The van der Waals surface area contributed by atoms with Crippen molar-refractivity contribution >= 4 is 5.78 Å². The van der Waals surface area contributed by atoms with Gasteiger partial charge in [-0.15, -0.1) is 0 Å². The number of carbonyl (C=O) groups excluding carboxylic acids is 1. The molecule has 0 amide bonds. The van der Waals surface area contributed by atoms with E-state index in [0.717, 1.165) is 42.6 Å². The van der Waals surface area contributed by atoms with Crippen LogP contribution in [-0.2, 0) is 4.79 Å². The van der Waals surface area contributed by atoms with Crippen LogP contribution in [0.2, 0.25) is 0 Å². The van der Waals surface area contributed by atoms with E-state index in [1.165, 1.54) is 37.7 Å². The molecule has 3 fully saturated rings. The number of benzene rings is 1. The van der Waals surface area contributed by atoms with Gasteiger partial charge in [0, 0.05) is 17.9 Å². The normalized spacial score (nSPS) is 41.8. The molecular weight excluding hydrogens is 340 g/mol. The van der Waals surface area contributed by atoms with Crippen molar-refractivity contribution in [1.82, 2.24) is 0 Å². The second kappa shape index (κ2) is 6.62. The number of ketones is 1. The SMILES string of the molecule is C[C@]12CC[C@H]3[C@@H](CCC4=CC(=O)CC[C@@]43C)[C@@H]1CC[C@H]2C#Cc1ccccc1. The molecule has 1 nitrogen and oxygen atoms in total. The minimum atomic E-state index is 0.284. The van der Waals surface area contributed by atoms with Crippen molar-refractivity contribution < 1.29 is 4.79 Å². The fourth-order valence-electron chi connectivity index (χ4n) is 7.49. The molecule has 6 atom stereocenters. The van der Waals surface area contributed by atoms with Crippen molar-refractivity contribution in [2.24, 2.45) is 34.5 Å². The van der Waals surface area contributed by atoms with E-state index in [1.807, 2.05) is 6.08 Å². The highest BCUT2D eigenvalue weighted by Crippen LogP contribution is 2.66. The molecule has 4 aliphatic carbocycles. The Kier molecular flexibility index (Phi) is 4.31. The summed E-state index contributed by atoms with van der Waals surface area (Å²) in [5, 5.41) is 0. The molecule has 0 radical (unpaired) electrons. The lowest BCUT2D eigenvalue weighted by Crippen LogP contribution is -2.50. The van der Waals surface area contributed by atoms with Crippen LogP contribution >= 0.6 is 0 Å². The predicted octanol–water partition coefficient (Wildman–Crippen LogP) is 6.19. The van der Waals surface area contributed by atoms with Gasteiger partial charge in [0.2, 0.25) is 0 Å². The van der Waals surface area contributed by atoms with Crippen LogP contribution in [0.15, 0.2) is 42.0 Å². The van der Waals surface area contributed by atoms with Crippen LogP contribution in [0.25, 0.3) is 0 Å². The molecule has 0 saturated heterocycles. The van der Waals surface area contributed by atoms with Crippen molar-refractivity contribution in [1.29, 1.82) is 0 Å². The molecule has 1 aromatic rings. The monoisotopic (exact) mass is 372 g/mol. The topological polar surface area (TPSA) is 17.1 Å². The number of fused-ring (bicyclic) bond motifs is 5. The zero-order valence-corrected chi connectivity index (χ0v) is 17.3. The maximum Gasteiger partial charge on any atom is 0.155 e. The lowest BCUT2D eigenvalue weighted by atomic mass is 9.47. The molecule has 0 N–H and O–H groups in total. The highest BCUT2D eigenvalue weighted by Gasteiger charge is 2.58. The first-order valence-corrected chi connectivity index (χ1v) is 11.3. The summed E-state index contributed by atoms with van der Waals surface area (Å²) in [4.78, 5) is 12.0. The zero-order valence-electron chi connectivity index (χ0n) is 17.3. The van der Waals surface area contributed by atoms with Gasteiger partial charge in [0.05, 0.1) is 0 Å². The third-order valence-electron chi connectivity index (χ3n) is 9.13. The number of hydrogen-bond acceptors (Lipinski definition) is 1. The molecular formula is C27H32O. The van der Waals surface area contributed by atoms with E-state index < -0.39 is 0 Å². The smallest absolute Gasteiger partial charge is 0.155 e. The molecule has 3 saturated carbocycles. The molecule has 4 aliphatic rings. The summed E-state index contributed by atoms with van der Waals surface area (Å²) >= 11 is 0. The van der Waals surface area contributed by atoms with Crippen LogP contribution in [0.3, 0.4) is 0 Å². The van der Waals surface area contributed by atoms with E-state index in [1.54, 1.807) is 0 Å². The van der Waals surface area contributed by atoms with Gasteiger partial charge in [-0.25, -0.2) is 0 Å². The van der Waals surface area contributed by atoms with Gasteiger partial charge in [-0.1, -0.05) is 49.5 Å². The van der Waals surface area contributed by atoms with Crippen LogP contribution in [-0.4, -0.2) is 5.78 Å². The van der Waals surface area contributed by atoms with Crippen LogP contribution in [0.1, 0.15) is 70.8 Å². The molecule has 1 heteroatoms. The first-order chi connectivity index (χ1) is 13.5. The van der Waals surface area contributed by atoms with Crippen LogP contribution in [0.4, 0.5) is 0 Å². The molecule has 0 aliphatic heterocycles. The fourth-order valence-corrected chi connectivity index (χ4v) is 7.49. The molecule has 28 heavy (non-hydrogen) atoms. The number of carbonyl (C=O) groups is 1. The maximum absolute atomic E-state index is 12.0. The number of rotatable bonds is 0. The van der Waals surface area contributed by atoms with E-state index in [2.05, 4.69) is 56.0 Å². The summed E-state index contributed by atoms with van der Waals surface area (Å²) in [6, 6.07) is 10.5. The van der Waals surface area contributed by atoms with Crippen LogP contribution in [0.5, 0.6) is 0 Å². The molecule has 1 aromatic carbocycles. The largest absolute Gasteiger partial charge is 0.295 e. The van der Waals surface area contributed by atoms with Crippen molar-refractivity contribution in [3.8, 4) is 11.8 Å². The third kappa shape index (κ3) is 2.72. The second-order valence-corrected chi connectivity index (χ2v) is 10.3. The lowest BCUT2D eigenvalue weighted by molar-refractivity contribution is -0.117. The lowest BCUT2D eigenvalue weighted by Gasteiger charge is -2.57. The molecule has 0 heterocycles. The van der Waals surface area contributed by atoms with E-state index in [0.29, 0.717) is 17.1 Å². The van der Waals surface area contributed by atoms with E-state index >= 15 is 0 Å². The highest BCUT2D eigenvalue weighted by atomic mass is 16.1. The summed E-state index contributed by atoms with van der Waals surface area (Å²) in [6.45, 7) is 5.02. The minimum absolute atomic E-state index is 0.284. The summed E-state index contributed by atoms with van der Waals surface area (Å²) in [5.74, 6) is 10.5. The first kappa shape index (κ1) is 18.2. The minimum Gasteiger partial charge on any atom is -0.295 e. The second-order valence-electron chi connectivity index (χ2n) is 10.3. The molecule has 5 rings (SSSR count). The van der Waals surface area contributed by atoms with Gasteiger partial charge in [-0.3, -0.25) is 4.79 Å². The van der Waals surface area contributed by atoms with Gasteiger partial charge in [-0.05, 0) is 91.7 Å². The Bertz CT molecular complexity index is 869. The third-order valence-corrected chi connectivity index (χ3v) is 9.13. The summed E-state index contributed by atoms with van der Waals surface area (Å²) < 4.78 is 0. The average Bonchev–Trinajstić information content (AvgIpc) is 3.04. The highest BCUT2D eigenvalue weighted by molar-refractivity contribution is 5.91. The Balaban J connectivity index is 1.41. The van der Waals surface area contributed by atoms with Gasteiger partial charge in [0.15, 0.2) is 5.78 Å². The number of hydrogen-bond donors (Lipinski definition) is 0. The van der Waals surface area contributed by atoms with E-state index in [9.17, 15) is 4.79 Å². The fraction of sp³-hybridized carbons (Fsp3) is 0.593. The van der Waals surface area contributed by atoms with E-state index in [4.69, 9.17) is 0 Å². The molecule has 0 unspecified atom stereocenters. The quantitative estimate of drug-likeness (QED) is 0.497. The van der Waals surface area contributed by atoms with Gasteiger partial charge in [0.1, 0.15) is 0 Å².